The van der Waals surface area contributed by atoms with Gasteiger partial charge in [-0.1, -0.05) is 11.6 Å². The van der Waals surface area contributed by atoms with Crippen LogP contribution in [0.3, 0.4) is 0 Å². The first kappa shape index (κ1) is 20.9. The van der Waals surface area contributed by atoms with Crippen molar-refractivity contribution in [3.8, 4) is 5.69 Å². The number of esters is 1. The Bertz CT molecular complexity index is 1020. The van der Waals surface area contributed by atoms with Crippen molar-refractivity contribution in [3.63, 3.8) is 0 Å². The van der Waals surface area contributed by atoms with E-state index in [1.165, 1.54) is 11.8 Å². The average molecular weight is 424 g/mol. The highest BCUT2D eigenvalue weighted by Gasteiger charge is 2.28. The Morgan fingerprint density at radius 1 is 1.39 bits per heavy atom. The molecular weight excluding hydrogens is 397 g/mol. The van der Waals surface area contributed by atoms with Gasteiger partial charge in [0.25, 0.3) is 0 Å². The maximum Gasteiger partial charge on any atom is 0.350 e. The lowest BCUT2D eigenvalue weighted by Gasteiger charge is -2.24. The molecule has 0 saturated carbocycles. The Morgan fingerprint density at radius 2 is 2.11 bits per heavy atom. The Morgan fingerprint density at radius 3 is 2.71 bits per heavy atom. The van der Waals surface area contributed by atoms with E-state index in [0.29, 0.717) is 23.7 Å². The van der Waals surface area contributed by atoms with E-state index in [1.54, 1.807) is 4.57 Å². The molecule has 0 amide bonds. The van der Waals surface area contributed by atoms with Crippen molar-refractivity contribution in [1.82, 2.24) is 14.3 Å². The van der Waals surface area contributed by atoms with Gasteiger partial charge in [0.1, 0.15) is 5.82 Å². The molecule has 152 valence electrons. The lowest BCUT2D eigenvalue weighted by Crippen LogP contribution is -2.27. The highest BCUT2D eigenvalue weighted by atomic mass is 35.5. The maximum atomic E-state index is 12.9. The topological polar surface area (TPSA) is 66.1 Å². The fraction of sp³-hybridized carbons (Fsp3) is 0.500. The summed E-state index contributed by atoms with van der Waals surface area (Å²) in [5.41, 5.74) is 1.89. The predicted molar refractivity (Wildman–Crippen MR) is 116 cm³/mol. The molecule has 2 aromatic rings. The molecule has 3 rings (SSSR count). The summed E-state index contributed by atoms with van der Waals surface area (Å²) in [5.74, 6) is 0.547. The largest absolute Gasteiger partial charge is 0.469 e. The minimum atomic E-state index is -1.77. The molecule has 0 N–H and O–H groups in total. The lowest BCUT2D eigenvalue weighted by molar-refractivity contribution is -0.140. The second-order valence-electron chi connectivity index (χ2n) is 7.97. The first-order valence-corrected chi connectivity index (χ1v) is 12.7. The first-order chi connectivity index (χ1) is 13.1. The second kappa shape index (κ2) is 7.92. The molecule has 1 unspecified atom stereocenters. The summed E-state index contributed by atoms with van der Waals surface area (Å²) in [6.45, 7) is 4.86. The normalized spacial score (nSPS) is 15.2. The van der Waals surface area contributed by atoms with Crippen LogP contribution in [0.1, 0.15) is 29.8 Å². The molecule has 0 bridgehead atoms. The van der Waals surface area contributed by atoms with Gasteiger partial charge in [-0.25, -0.2) is 4.79 Å². The standard InChI is InChI=1S/C20H27ClN3O3P/c1-13-10-15(21)14(12-17(19(25)27-2)28(3,4)5)11-16(13)24-20(26)23-9-7-6-8-18(23)22-24/h10-11,17H,3,6-9,12H2,1-2,4-5H3. The first-order valence-electron chi connectivity index (χ1n) is 9.37. The molecule has 6 nitrogen and oxygen atoms in total. The maximum absolute atomic E-state index is 12.9. The Balaban J connectivity index is 2.07. The molecule has 0 saturated heterocycles. The van der Waals surface area contributed by atoms with Crippen LogP contribution in [0.5, 0.6) is 0 Å². The SMILES string of the molecule is C=P(C)(C)C(Cc1cc(-n2nc3n(c2=O)CCCC3)c(C)cc1Cl)C(=O)OC. The van der Waals surface area contributed by atoms with E-state index in [0.717, 1.165) is 36.2 Å². The summed E-state index contributed by atoms with van der Waals surface area (Å²) in [4.78, 5) is 25.2. The summed E-state index contributed by atoms with van der Waals surface area (Å²) >= 11 is 6.50. The van der Waals surface area contributed by atoms with Gasteiger partial charge in [-0.2, -0.15) is 4.68 Å². The highest BCUT2D eigenvalue weighted by Crippen LogP contribution is 2.44. The van der Waals surface area contributed by atoms with Gasteiger partial charge >= 0.3 is 11.7 Å². The number of methoxy groups -OCH3 is 1. The molecule has 1 aromatic heterocycles. The van der Waals surface area contributed by atoms with Crippen LogP contribution in [0, 0.1) is 6.92 Å². The zero-order valence-electron chi connectivity index (χ0n) is 16.9. The van der Waals surface area contributed by atoms with E-state index in [9.17, 15) is 9.59 Å². The smallest absolute Gasteiger partial charge is 0.350 e. The number of fused-ring (bicyclic) bond motifs is 1. The number of aryl methyl sites for hydroxylation is 2. The van der Waals surface area contributed by atoms with Crippen LogP contribution in [-0.4, -0.2) is 52.7 Å². The summed E-state index contributed by atoms with van der Waals surface area (Å²) in [6.07, 6.45) is 7.49. The average Bonchev–Trinajstić information content (AvgIpc) is 2.96. The van der Waals surface area contributed by atoms with Gasteiger partial charge in [0, 0.05) is 18.0 Å². The fourth-order valence-corrected chi connectivity index (χ4v) is 5.27. The van der Waals surface area contributed by atoms with Crippen molar-refractivity contribution in [1.29, 1.82) is 0 Å². The van der Waals surface area contributed by atoms with E-state index in [1.807, 2.05) is 32.4 Å². The predicted octanol–water partition coefficient (Wildman–Crippen LogP) is 3.13. The van der Waals surface area contributed by atoms with Gasteiger partial charge in [0.05, 0.1) is 18.5 Å². The molecule has 1 aromatic carbocycles. The molecule has 1 atom stereocenters. The summed E-state index contributed by atoms with van der Waals surface area (Å²) < 4.78 is 8.21. The third kappa shape index (κ3) is 3.99. The minimum absolute atomic E-state index is 0.124. The lowest BCUT2D eigenvalue weighted by atomic mass is 10.1. The monoisotopic (exact) mass is 423 g/mol. The number of aromatic nitrogens is 3. The number of carbonyl (C=O) groups is 1. The van der Waals surface area contributed by atoms with E-state index < -0.39 is 6.89 Å². The van der Waals surface area contributed by atoms with Crippen LogP contribution in [0.4, 0.5) is 0 Å². The number of hydrogen-bond acceptors (Lipinski definition) is 4. The van der Waals surface area contributed by atoms with Gasteiger partial charge in [0.2, 0.25) is 0 Å². The van der Waals surface area contributed by atoms with Gasteiger partial charge in [-0.05, 0) is 62.8 Å². The number of nitrogens with zero attached hydrogens (tertiary/aromatic N) is 3. The van der Waals surface area contributed by atoms with Crippen LogP contribution in [-0.2, 0) is 28.9 Å². The third-order valence-electron chi connectivity index (χ3n) is 5.29. The second-order valence-corrected chi connectivity index (χ2v) is 12.6. The number of halogens is 1. The van der Waals surface area contributed by atoms with Gasteiger partial charge in [0.15, 0.2) is 0 Å². The summed E-state index contributed by atoms with van der Waals surface area (Å²) in [6, 6.07) is 3.71. The van der Waals surface area contributed by atoms with Gasteiger partial charge in [-0.15, -0.1) is 18.3 Å². The molecule has 0 radical (unpaired) electrons. The van der Waals surface area contributed by atoms with Crippen LogP contribution in [0.15, 0.2) is 16.9 Å². The number of ether oxygens (including phenoxy) is 1. The highest BCUT2D eigenvalue weighted by molar-refractivity contribution is 7.73. The Hall–Kier alpha value is -1.78. The third-order valence-corrected chi connectivity index (χ3v) is 7.73. The van der Waals surface area contributed by atoms with Gasteiger partial charge in [-0.3, -0.25) is 9.36 Å². The van der Waals surface area contributed by atoms with E-state index in [4.69, 9.17) is 16.3 Å². The Kier molecular flexibility index (Phi) is 5.92. The zero-order chi connectivity index (χ0) is 20.6. The van der Waals surface area contributed by atoms with Crippen molar-refractivity contribution in [2.24, 2.45) is 0 Å². The molecule has 0 spiro atoms. The number of carbonyl (C=O) groups excluding carboxylic acids is 1. The minimum Gasteiger partial charge on any atom is -0.469 e. The molecule has 1 aliphatic rings. The van der Waals surface area contributed by atoms with Crippen LogP contribution in [0.25, 0.3) is 5.69 Å². The van der Waals surface area contributed by atoms with Crippen LogP contribution < -0.4 is 5.69 Å². The van der Waals surface area contributed by atoms with Crippen molar-refractivity contribution in [2.45, 2.75) is 44.8 Å². The van der Waals surface area contributed by atoms with Crippen molar-refractivity contribution >= 4 is 30.8 Å². The molecule has 0 fully saturated rings. The Labute approximate surface area is 170 Å². The fourth-order valence-electron chi connectivity index (χ4n) is 3.61. The number of benzene rings is 1. The van der Waals surface area contributed by atoms with Crippen molar-refractivity contribution in [3.05, 3.63) is 44.6 Å². The summed E-state index contributed by atoms with van der Waals surface area (Å²) in [7, 11) is 1.39. The van der Waals surface area contributed by atoms with Crippen LogP contribution in [0.2, 0.25) is 5.02 Å². The molecule has 8 heteroatoms. The van der Waals surface area contributed by atoms with Crippen molar-refractivity contribution < 1.29 is 9.53 Å². The molecule has 0 aliphatic carbocycles. The van der Waals surface area contributed by atoms with E-state index >= 15 is 0 Å². The van der Waals surface area contributed by atoms with E-state index in [-0.39, 0.29) is 17.3 Å². The summed E-state index contributed by atoms with van der Waals surface area (Å²) in [5, 5.41) is 5.13. The number of hydrogen-bond donors (Lipinski definition) is 0. The van der Waals surface area contributed by atoms with E-state index in [2.05, 4.69) is 11.4 Å². The molecular formula is C20H27ClN3O3P. The molecule has 28 heavy (non-hydrogen) atoms. The zero-order valence-corrected chi connectivity index (χ0v) is 18.5. The quantitative estimate of drug-likeness (QED) is 0.547. The van der Waals surface area contributed by atoms with Gasteiger partial charge < -0.3 is 4.74 Å². The van der Waals surface area contributed by atoms with Crippen molar-refractivity contribution in [2.75, 3.05) is 20.4 Å². The number of rotatable bonds is 5. The molecule has 1 aliphatic heterocycles. The molecule has 2 heterocycles. The van der Waals surface area contributed by atoms with Crippen LogP contribution >= 0.6 is 18.5 Å².